The molecule has 4 rings (SSSR count). The molecule has 0 saturated heterocycles. The normalized spacial score (nSPS) is 11.6. The lowest BCUT2D eigenvalue weighted by atomic mass is 10.1. The van der Waals surface area contributed by atoms with Gasteiger partial charge in [-0.3, -0.25) is 0 Å². The van der Waals surface area contributed by atoms with Crippen LogP contribution in [0.1, 0.15) is 5.56 Å². The molecule has 0 saturated carbocycles. The molecule has 0 bridgehead atoms. The summed E-state index contributed by atoms with van der Waals surface area (Å²) in [5.74, 6) is 0.308. The molecule has 4 aromatic rings. The first-order valence-electron chi connectivity index (χ1n) is 10.4. The van der Waals surface area contributed by atoms with E-state index in [1.807, 2.05) is 79.1 Å². The fraction of sp³-hybridized carbons (Fsp3) is 0.160. The second kappa shape index (κ2) is 10.3. The highest BCUT2D eigenvalue weighted by atomic mass is 16.5. The number of nitrogens with zero attached hydrogens (tertiary/aromatic N) is 3. The third kappa shape index (κ3) is 5.72. The molecular weight excluding hydrogens is 404 g/mol. The Morgan fingerprint density at radius 1 is 1.00 bits per heavy atom. The average molecular weight is 428 g/mol. The van der Waals surface area contributed by atoms with Crippen molar-refractivity contribution in [1.29, 1.82) is 0 Å². The summed E-state index contributed by atoms with van der Waals surface area (Å²) in [6.45, 7) is 1.36. The fourth-order valence-corrected chi connectivity index (χ4v) is 3.33. The SMILES string of the molecule is O=C(O)C(Cc1ccccc1)Nc1cc(-c2ccc(OCCn3cccc3)cc2)ncn1. The number of rotatable bonds is 10. The van der Waals surface area contributed by atoms with Crippen molar-refractivity contribution in [3.8, 4) is 17.0 Å². The van der Waals surface area contributed by atoms with Gasteiger partial charge in [0.1, 0.15) is 30.5 Å². The van der Waals surface area contributed by atoms with Crippen LogP contribution in [0.5, 0.6) is 5.75 Å². The maximum absolute atomic E-state index is 11.7. The molecule has 2 aromatic carbocycles. The first kappa shape index (κ1) is 21.1. The first-order valence-corrected chi connectivity index (χ1v) is 10.4. The molecule has 0 amide bonds. The molecule has 7 nitrogen and oxygen atoms in total. The molecule has 2 heterocycles. The summed E-state index contributed by atoms with van der Waals surface area (Å²) < 4.78 is 7.86. The topological polar surface area (TPSA) is 89.3 Å². The molecule has 7 heteroatoms. The summed E-state index contributed by atoms with van der Waals surface area (Å²) in [5, 5.41) is 12.6. The minimum Gasteiger partial charge on any atom is -0.492 e. The number of hydrogen-bond acceptors (Lipinski definition) is 5. The van der Waals surface area contributed by atoms with Crippen molar-refractivity contribution in [3.63, 3.8) is 0 Å². The molecule has 1 atom stereocenters. The molecule has 0 radical (unpaired) electrons. The van der Waals surface area contributed by atoms with E-state index >= 15 is 0 Å². The summed E-state index contributed by atoms with van der Waals surface area (Å²) in [4.78, 5) is 20.3. The number of carbonyl (C=O) groups is 1. The number of nitrogens with one attached hydrogen (secondary N) is 1. The zero-order valence-corrected chi connectivity index (χ0v) is 17.5. The molecular formula is C25H24N4O3. The molecule has 2 N–H and O–H groups in total. The number of anilines is 1. The largest absolute Gasteiger partial charge is 0.492 e. The number of aliphatic carboxylic acids is 1. The van der Waals surface area contributed by atoms with E-state index < -0.39 is 12.0 Å². The molecule has 1 unspecified atom stereocenters. The van der Waals surface area contributed by atoms with Crippen molar-refractivity contribution >= 4 is 11.8 Å². The van der Waals surface area contributed by atoms with Crippen LogP contribution in [0, 0.1) is 0 Å². The minimum absolute atomic E-state index is 0.352. The van der Waals surface area contributed by atoms with Gasteiger partial charge in [-0.2, -0.15) is 0 Å². The number of hydrogen-bond donors (Lipinski definition) is 2. The number of aromatic nitrogens is 3. The van der Waals surface area contributed by atoms with Crippen LogP contribution >= 0.6 is 0 Å². The maximum atomic E-state index is 11.7. The third-order valence-electron chi connectivity index (χ3n) is 5.00. The number of carboxylic acids is 1. The van der Waals surface area contributed by atoms with Gasteiger partial charge in [-0.25, -0.2) is 14.8 Å². The van der Waals surface area contributed by atoms with Crippen LogP contribution in [0.2, 0.25) is 0 Å². The van der Waals surface area contributed by atoms with Gasteiger partial charge in [-0.15, -0.1) is 0 Å². The van der Waals surface area contributed by atoms with Crippen molar-refractivity contribution in [2.75, 3.05) is 11.9 Å². The molecule has 0 aliphatic rings. The van der Waals surface area contributed by atoms with Gasteiger partial charge in [-0.1, -0.05) is 30.3 Å². The van der Waals surface area contributed by atoms with E-state index in [2.05, 4.69) is 19.9 Å². The zero-order chi connectivity index (χ0) is 22.2. The van der Waals surface area contributed by atoms with Crippen LogP contribution in [0.15, 0.2) is 91.5 Å². The van der Waals surface area contributed by atoms with Crippen molar-refractivity contribution in [2.45, 2.75) is 19.0 Å². The van der Waals surface area contributed by atoms with Gasteiger partial charge < -0.3 is 19.7 Å². The highest BCUT2D eigenvalue weighted by molar-refractivity contribution is 5.77. The predicted molar refractivity (Wildman–Crippen MR) is 123 cm³/mol. The Morgan fingerprint density at radius 3 is 2.47 bits per heavy atom. The lowest BCUT2D eigenvalue weighted by molar-refractivity contribution is -0.137. The second-order valence-electron chi connectivity index (χ2n) is 7.31. The highest BCUT2D eigenvalue weighted by Crippen LogP contribution is 2.22. The van der Waals surface area contributed by atoms with E-state index in [-0.39, 0.29) is 0 Å². The van der Waals surface area contributed by atoms with E-state index in [1.165, 1.54) is 6.33 Å². The fourth-order valence-electron chi connectivity index (χ4n) is 3.33. The Hall–Kier alpha value is -4.13. The van der Waals surface area contributed by atoms with E-state index in [9.17, 15) is 9.90 Å². The van der Waals surface area contributed by atoms with Gasteiger partial charge in [0.15, 0.2) is 0 Å². The maximum Gasteiger partial charge on any atom is 0.326 e. The third-order valence-corrected chi connectivity index (χ3v) is 5.00. The summed E-state index contributed by atoms with van der Waals surface area (Å²) in [6.07, 6.45) is 5.79. The van der Waals surface area contributed by atoms with Crippen LogP contribution in [-0.4, -0.2) is 38.3 Å². The highest BCUT2D eigenvalue weighted by Gasteiger charge is 2.18. The van der Waals surface area contributed by atoms with Crippen LogP contribution < -0.4 is 10.1 Å². The van der Waals surface area contributed by atoms with Crippen molar-refractivity contribution in [2.24, 2.45) is 0 Å². The molecule has 0 aliphatic carbocycles. The molecule has 0 spiro atoms. The summed E-state index contributed by atoms with van der Waals surface area (Å²) in [5.41, 5.74) is 2.53. The Kier molecular flexibility index (Phi) is 6.77. The van der Waals surface area contributed by atoms with Crippen LogP contribution in [0.4, 0.5) is 5.82 Å². The number of carboxylic acid groups (broad SMARTS) is 1. The second-order valence-corrected chi connectivity index (χ2v) is 7.31. The lowest BCUT2D eigenvalue weighted by Crippen LogP contribution is -2.31. The molecule has 162 valence electrons. The quantitative estimate of drug-likeness (QED) is 0.395. The van der Waals surface area contributed by atoms with Crippen molar-refractivity contribution in [3.05, 3.63) is 97.1 Å². The summed E-state index contributed by atoms with van der Waals surface area (Å²) in [6, 6.07) is 22.1. The lowest BCUT2D eigenvalue weighted by Gasteiger charge is -2.15. The van der Waals surface area contributed by atoms with Crippen LogP contribution in [0.3, 0.4) is 0 Å². The smallest absolute Gasteiger partial charge is 0.326 e. The predicted octanol–water partition coefficient (Wildman–Crippen LogP) is 4.13. The van der Waals surface area contributed by atoms with Gasteiger partial charge in [0, 0.05) is 30.4 Å². The van der Waals surface area contributed by atoms with Gasteiger partial charge in [0.25, 0.3) is 0 Å². The number of benzene rings is 2. The standard InChI is InChI=1S/C25H24N4O3/c30-25(31)23(16-19-6-2-1-3-7-19)28-24-17-22(26-18-27-24)20-8-10-21(11-9-20)32-15-14-29-12-4-5-13-29/h1-13,17-18,23H,14-16H2,(H,30,31)(H,26,27,28). The van der Waals surface area contributed by atoms with Crippen molar-refractivity contribution < 1.29 is 14.6 Å². The Morgan fingerprint density at radius 2 is 1.75 bits per heavy atom. The Labute approximate surface area is 186 Å². The van der Waals surface area contributed by atoms with Gasteiger partial charge in [0.05, 0.1) is 12.2 Å². The van der Waals surface area contributed by atoms with E-state index in [0.717, 1.165) is 23.4 Å². The zero-order valence-electron chi connectivity index (χ0n) is 17.5. The minimum atomic E-state index is -0.935. The van der Waals surface area contributed by atoms with E-state index in [1.54, 1.807) is 6.07 Å². The molecule has 32 heavy (non-hydrogen) atoms. The Balaban J connectivity index is 1.39. The number of ether oxygens (including phenoxy) is 1. The van der Waals surface area contributed by atoms with E-state index in [4.69, 9.17) is 4.74 Å². The van der Waals surface area contributed by atoms with Gasteiger partial charge >= 0.3 is 5.97 Å². The summed E-state index contributed by atoms with van der Waals surface area (Å²) in [7, 11) is 0. The van der Waals surface area contributed by atoms with E-state index in [0.29, 0.717) is 24.5 Å². The summed E-state index contributed by atoms with van der Waals surface area (Å²) >= 11 is 0. The molecule has 0 fully saturated rings. The Bertz CT molecular complexity index is 1130. The molecule has 0 aliphatic heterocycles. The first-order chi connectivity index (χ1) is 15.7. The van der Waals surface area contributed by atoms with Crippen LogP contribution in [0.25, 0.3) is 11.3 Å². The van der Waals surface area contributed by atoms with Gasteiger partial charge in [0.2, 0.25) is 0 Å². The molecule has 2 aromatic heterocycles. The monoisotopic (exact) mass is 428 g/mol. The average Bonchev–Trinajstić information content (AvgIpc) is 3.34. The van der Waals surface area contributed by atoms with Crippen LogP contribution in [-0.2, 0) is 17.8 Å². The van der Waals surface area contributed by atoms with Gasteiger partial charge in [-0.05, 0) is 42.0 Å². The van der Waals surface area contributed by atoms with Crippen molar-refractivity contribution in [1.82, 2.24) is 14.5 Å².